The van der Waals surface area contributed by atoms with E-state index in [0.29, 0.717) is 29.0 Å². The standard InChI is InChI=1S/C19H16N4O2S/c1-25-11-10-23-16-4-2-3-5-17(16)26-19(23)22-18(24)13-6-7-14-15(12-13)21-9-8-20-14/h2-9,12H,10-11H2,1H3. The summed E-state index contributed by atoms with van der Waals surface area (Å²) in [5, 5.41) is 0. The van der Waals surface area contributed by atoms with Gasteiger partial charge >= 0.3 is 0 Å². The van der Waals surface area contributed by atoms with E-state index in [1.807, 2.05) is 28.8 Å². The SMILES string of the molecule is COCCn1c(=NC(=O)c2ccc3nccnc3c2)sc2ccccc21. The Labute approximate surface area is 153 Å². The highest BCUT2D eigenvalue weighted by Gasteiger charge is 2.10. The van der Waals surface area contributed by atoms with Crippen LogP contribution in [0.5, 0.6) is 0 Å². The quantitative estimate of drug-likeness (QED) is 0.558. The Balaban J connectivity index is 1.79. The molecule has 1 amide bonds. The Hall–Kier alpha value is -2.90. The summed E-state index contributed by atoms with van der Waals surface area (Å²) in [5.41, 5.74) is 2.97. The van der Waals surface area contributed by atoms with Crippen LogP contribution in [0.2, 0.25) is 0 Å². The van der Waals surface area contributed by atoms with Crippen LogP contribution < -0.4 is 4.80 Å². The molecule has 0 saturated heterocycles. The minimum absolute atomic E-state index is 0.296. The molecule has 6 nitrogen and oxygen atoms in total. The molecule has 0 N–H and O–H groups in total. The van der Waals surface area contributed by atoms with E-state index in [4.69, 9.17) is 4.74 Å². The van der Waals surface area contributed by atoms with E-state index < -0.39 is 0 Å². The fourth-order valence-corrected chi connectivity index (χ4v) is 3.81. The van der Waals surface area contributed by atoms with Crippen LogP contribution in [0.4, 0.5) is 0 Å². The first kappa shape index (κ1) is 16.6. The van der Waals surface area contributed by atoms with E-state index in [1.54, 1.807) is 37.7 Å². The van der Waals surface area contributed by atoms with Gasteiger partial charge in [0.05, 0.1) is 27.9 Å². The first-order valence-electron chi connectivity index (χ1n) is 8.13. The van der Waals surface area contributed by atoms with Crippen molar-refractivity contribution < 1.29 is 9.53 Å². The molecule has 130 valence electrons. The van der Waals surface area contributed by atoms with Crippen LogP contribution in [0.3, 0.4) is 0 Å². The summed E-state index contributed by atoms with van der Waals surface area (Å²) in [6.45, 7) is 1.18. The van der Waals surface area contributed by atoms with Gasteiger partial charge in [-0.2, -0.15) is 4.99 Å². The van der Waals surface area contributed by atoms with Gasteiger partial charge < -0.3 is 9.30 Å². The van der Waals surface area contributed by atoms with E-state index in [2.05, 4.69) is 15.0 Å². The average Bonchev–Trinajstić information content (AvgIpc) is 3.02. The third-order valence-electron chi connectivity index (χ3n) is 4.02. The first-order valence-corrected chi connectivity index (χ1v) is 8.95. The first-order chi connectivity index (χ1) is 12.8. The van der Waals surface area contributed by atoms with Gasteiger partial charge in [0.25, 0.3) is 5.91 Å². The van der Waals surface area contributed by atoms with Gasteiger partial charge in [-0.25, -0.2) is 0 Å². The van der Waals surface area contributed by atoms with Gasteiger partial charge in [-0.15, -0.1) is 0 Å². The molecule has 7 heteroatoms. The van der Waals surface area contributed by atoms with Gasteiger partial charge in [0.1, 0.15) is 0 Å². The number of thiazole rings is 1. The van der Waals surface area contributed by atoms with Gasteiger partial charge in [-0.05, 0) is 30.3 Å². The number of methoxy groups -OCH3 is 1. The van der Waals surface area contributed by atoms with Crippen LogP contribution in [-0.2, 0) is 11.3 Å². The smallest absolute Gasteiger partial charge is 0.279 e. The lowest BCUT2D eigenvalue weighted by molar-refractivity contribution is 0.0997. The molecule has 2 aromatic heterocycles. The van der Waals surface area contributed by atoms with E-state index in [9.17, 15) is 4.79 Å². The molecule has 0 bridgehead atoms. The number of rotatable bonds is 4. The molecule has 0 spiro atoms. The number of para-hydroxylation sites is 1. The lowest BCUT2D eigenvalue weighted by Gasteiger charge is -2.04. The second-order valence-electron chi connectivity index (χ2n) is 5.67. The number of ether oxygens (including phenoxy) is 1. The molecule has 26 heavy (non-hydrogen) atoms. The molecule has 0 aliphatic heterocycles. The summed E-state index contributed by atoms with van der Waals surface area (Å²) in [5.74, 6) is -0.296. The van der Waals surface area contributed by atoms with Crippen LogP contribution in [0.15, 0.2) is 59.9 Å². The Bertz CT molecular complexity index is 1160. The molecular weight excluding hydrogens is 348 g/mol. The molecule has 0 radical (unpaired) electrons. The number of amides is 1. The minimum atomic E-state index is -0.296. The summed E-state index contributed by atoms with van der Waals surface area (Å²) in [6, 6.07) is 13.2. The van der Waals surface area contributed by atoms with Crippen molar-refractivity contribution in [1.29, 1.82) is 0 Å². The van der Waals surface area contributed by atoms with Crippen molar-refractivity contribution in [3.8, 4) is 0 Å². The third-order valence-corrected chi connectivity index (χ3v) is 5.08. The number of hydrogen-bond acceptors (Lipinski definition) is 5. The van der Waals surface area contributed by atoms with Crippen LogP contribution in [0, 0.1) is 0 Å². The van der Waals surface area contributed by atoms with E-state index in [0.717, 1.165) is 15.7 Å². The van der Waals surface area contributed by atoms with Crippen LogP contribution >= 0.6 is 11.3 Å². The van der Waals surface area contributed by atoms with Gasteiger partial charge in [0, 0.05) is 31.6 Å². The molecule has 0 fully saturated rings. The summed E-state index contributed by atoms with van der Waals surface area (Å²) in [4.78, 5) is 26.2. The normalized spacial score (nSPS) is 12.1. The van der Waals surface area contributed by atoms with E-state index in [1.165, 1.54) is 11.3 Å². The predicted molar refractivity (Wildman–Crippen MR) is 101 cm³/mol. The molecule has 2 aromatic carbocycles. The van der Waals surface area contributed by atoms with Crippen molar-refractivity contribution in [2.24, 2.45) is 4.99 Å². The van der Waals surface area contributed by atoms with Crippen molar-refractivity contribution in [1.82, 2.24) is 14.5 Å². The molecule has 0 unspecified atom stereocenters. The maximum Gasteiger partial charge on any atom is 0.279 e. The van der Waals surface area contributed by atoms with Gasteiger partial charge in [0.15, 0.2) is 4.80 Å². The molecule has 4 rings (SSSR count). The topological polar surface area (TPSA) is 69.4 Å². The minimum Gasteiger partial charge on any atom is -0.383 e. The fraction of sp³-hybridized carbons (Fsp3) is 0.158. The monoisotopic (exact) mass is 364 g/mol. The molecular formula is C19H16N4O2S. The van der Waals surface area contributed by atoms with Crippen molar-refractivity contribution >= 4 is 38.5 Å². The number of carbonyl (C=O) groups excluding carboxylic acids is 1. The summed E-state index contributed by atoms with van der Waals surface area (Å²) in [6.07, 6.45) is 3.24. The second kappa shape index (κ2) is 7.15. The number of fused-ring (bicyclic) bond motifs is 2. The van der Waals surface area contributed by atoms with E-state index >= 15 is 0 Å². The summed E-state index contributed by atoms with van der Waals surface area (Å²) >= 11 is 1.49. The van der Waals surface area contributed by atoms with Crippen molar-refractivity contribution in [2.45, 2.75) is 6.54 Å². The van der Waals surface area contributed by atoms with Crippen LogP contribution in [0.25, 0.3) is 21.3 Å². The highest BCUT2D eigenvalue weighted by Crippen LogP contribution is 2.17. The van der Waals surface area contributed by atoms with Crippen LogP contribution in [-0.4, -0.2) is 34.2 Å². The molecule has 4 aromatic rings. The van der Waals surface area contributed by atoms with Crippen molar-refractivity contribution in [2.75, 3.05) is 13.7 Å². The molecule has 0 aliphatic carbocycles. The summed E-state index contributed by atoms with van der Waals surface area (Å²) in [7, 11) is 1.66. The zero-order valence-electron chi connectivity index (χ0n) is 14.1. The van der Waals surface area contributed by atoms with E-state index in [-0.39, 0.29) is 5.91 Å². The number of hydrogen-bond donors (Lipinski definition) is 0. The number of nitrogens with zero attached hydrogens (tertiary/aromatic N) is 4. The van der Waals surface area contributed by atoms with Gasteiger partial charge in [-0.1, -0.05) is 23.5 Å². The highest BCUT2D eigenvalue weighted by molar-refractivity contribution is 7.16. The zero-order chi connectivity index (χ0) is 17.9. The second-order valence-corrected chi connectivity index (χ2v) is 6.68. The van der Waals surface area contributed by atoms with Crippen molar-refractivity contribution in [3.63, 3.8) is 0 Å². The predicted octanol–water partition coefficient (Wildman–Crippen LogP) is 3.03. The number of aromatic nitrogens is 3. The lowest BCUT2D eigenvalue weighted by atomic mass is 10.2. The van der Waals surface area contributed by atoms with Crippen LogP contribution in [0.1, 0.15) is 10.4 Å². The molecule has 0 atom stereocenters. The van der Waals surface area contributed by atoms with Gasteiger partial charge in [-0.3, -0.25) is 14.8 Å². The zero-order valence-corrected chi connectivity index (χ0v) is 14.9. The fourth-order valence-electron chi connectivity index (χ4n) is 2.75. The Kier molecular flexibility index (Phi) is 4.55. The molecule has 0 aliphatic rings. The third kappa shape index (κ3) is 3.14. The largest absolute Gasteiger partial charge is 0.383 e. The van der Waals surface area contributed by atoms with Gasteiger partial charge in [0.2, 0.25) is 0 Å². The maximum absolute atomic E-state index is 12.7. The molecule has 0 saturated carbocycles. The maximum atomic E-state index is 12.7. The number of carbonyl (C=O) groups is 1. The Morgan fingerprint density at radius 3 is 2.81 bits per heavy atom. The summed E-state index contributed by atoms with van der Waals surface area (Å²) < 4.78 is 8.30. The average molecular weight is 364 g/mol. The Morgan fingerprint density at radius 2 is 1.96 bits per heavy atom. The highest BCUT2D eigenvalue weighted by atomic mass is 32.1. The Morgan fingerprint density at radius 1 is 1.15 bits per heavy atom. The number of benzene rings is 2. The van der Waals surface area contributed by atoms with Crippen molar-refractivity contribution in [3.05, 3.63) is 65.2 Å². The molecule has 2 heterocycles. The lowest BCUT2D eigenvalue weighted by Crippen LogP contribution is -2.19.